The molecule has 0 radical (unpaired) electrons. The molecule has 2 aliphatic rings. The quantitative estimate of drug-likeness (QED) is 0.516. The van der Waals surface area contributed by atoms with Gasteiger partial charge in [-0.1, -0.05) is 37.2 Å². The second kappa shape index (κ2) is 7.93. The van der Waals surface area contributed by atoms with Crippen LogP contribution in [0.15, 0.2) is 34.2 Å². The van der Waals surface area contributed by atoms with Gasteiger partial charge in [0.1, 0.15) is 16.4 Å². The van der Waals surface area contributed by atoms with E-state index in [4.69, 9.17) is 4.98 Å². The lowest BCUT2D eigenvalue weighted by molar-refractivity contribution is -0.119. The number of rotatable bonds is 3. The van der Waals surface area contributed by atoms with Gasteiger partial charge in [0.15, 0.2) is 5.16 Å². The van der Waals surface area contributed by atoms with Crippen molar-refractivity contribution in [3.05, 3.63) is 50.9 Å². The lowest BCUT2D eigenvalue weighted by Gasteiger charge is -2.21. The number of thioether (sulfide) groups is 1. The second-order valence-electron chi connectivity index (χ2n) is 8.34. The number of halogens is 1. The van der Waals surface area contributed by atoms with Gasteiger partial charge in [-0.2, -0.15) is 0 Å². The standard InChI is InChI=1S/C23H23FN2O2S2/c1-13-10-11-14-19(12-13)29-21-20(14)22(28)26(16-7-3-2-6-15(16)24)23(25-21)30-18-9-5-4-8-17(18)27/h2-3,6-7,13,18H,4-5,8-12H2,1H3. The van der Waals surface area contributed by atoms with E-state index in [1.54, 1.807) is 29.5 Å². The van der Waals surface area contributed by atoms with Crippen LogP contribution in [0.2, 0.25) is 0 Å². The van der Waals surface area contributed by atoms with E-state index >= 15 is 0 Å². The summed E-state index contributed by atoms with van der Waals surface area (Å²) in [7, 11) is 0. The number of ketones is 1. The van der Waals surface area contributed by atoms with Crippen LogP contribution >= 0.6 is 23.1 Å². The van der Waals surface area contributed by atoms with Gasteiger partial charge in [-0.15, -0.1) is 11.3 Å². The average molecular weight is 443 g/mol. The van der Waals surface area contributed by atoms with Crippen LogP contribution in [0.25, 0.3) is 15.9 Å². The van der Waals surface area contributed by atoms with Crippen LogP contribution in [0.3, 0.4) is 0 Å². The molecule has 1 aromatic carbocycles. The summed E-state index contributed by atoms with van der Waals surface area (Å²) in [4.78, 5) is 32.9. The van der Waals surface area contributed by atoms with Gasteiger partial charge in [-0.3, -0.25) is 14.2 Å². The largest absolute Gasteiger partial charge is 0.298 e. The monoisotopic (exact) mass is 442 g/mol. The molecule has 2 aliphatic carbocycles. The summed E-state index contributed by atoms with van der Waals surface area (Å²) in [5.74, 6) is 0.323. The molecule has 3 aromatic rings. The zero-order valence-electron chi connectivity index (χ0n) is 16.8. The minimum Gasteiger partial charge on any atom is -0.298 e. The first kappa shape index (κ1) is 19.9. The number of nitrogens with zero attached hydrogens (tertiary/aromatic N) is 2. The first-order valence-corrected chi connectivity index (χ1v) is 12.2. The maximum Gasteiger partial charge on any atom is 0.267 e. The number of aryl methyl sites for hydroxylation is 1. The summed E-state index contributed by atoms with van der Waals surface area (Å²) in [6.07, 6.45) is 6.10. The molecule has 4 nitrogen and oxygen atoms in total. The Morgan fingerprint density at radius 2 is 2.00 bits per heavy atom. The number of thiophene rings is 1. The third-order valence-electron chi connectivity index (χ3n) is 6.14. The van der Waals surface area contributed by atoms with Gasteiger partial charge in [0, 0.05) is 11.3 Å². The summed E-state index contributed by atoms with van der Waals surface area (Å²) < 4.78 is 16.1. The molecule has 30 heavy (non-hydrogen) atoms. The number of hydrogen-bond acceptors (Lipinski definition) is 5. The third kappa shape index (κ3) is 3.42. The molecular weight excluding hydrogens is 419 g/mol. The Morgan fingerprint density at radius 3 is 2.80 bits per heavy atom. The van der Waals surface area contributed by atoms with Crippen molar-refractivity contribution in [1.29, 1.82) is 0 Å². The SMILES string of the molecule is CC1CCc2c(sc3nc(SC4CCCCC4=O)n(-c4ccccc4F)c(=O)c23)C1. The Labute approximate surface area is 182 Å². The molecule has 2 atom stereocenters. The van der Waals surface area contributed by atoms with E-state index in [9.17, 15) is 14.0 Å². The van der Waals surface area contributed by atoms with E-state index in [0.29, 0.717) is 22.9 Å². The maximum absolute atomic E-state index is 14.7. The van der Waals surface area contributed by atoms with Gasteiger partial charge < -0.3 is 0 Å². The van der Waals surface area contributed by atoms with Gasteiger partial charge >= 0.3 is 0 Å². The van der Waals surface area contributed by atoms with E-state index in [1.165, 1.54) is 27.3 Å². The molecule has 0 spiro atoms. The average Bonchev–Trinajstić information content (AvgIpc) is 3.08. The van der Waals surface area contributed by atoms with Crippen LogP contribution in [0.5, 0.6) is 0 Å². The molecule has 2 aromatic heterocycles. The van der Waals surface area contributed by atoms with Crippen molar-refractivity contribution in [2.45, 2.75) is 62.3 Å². The van der Waals surface area contributed by atoms with Gasteiger partial charge in [0.25, 0.3) is 5.56 Å². The Morgan fingerprint density at radius 1 is 1.17 bits per heavy atom. The zero-order chi connectivity index (χ0) is 20.8. The Kier molecular flexibility index (Phi) is 5.27. The molecule has 7 heteroatoms. The molecule has 0 N–H and O–H groups in total. The summed E-state index contributed by atoms with van der Waals surface area (Å²) in [5.41, 5.74) is 1.07. The number of fused-ring (bicyclic) bond motifs is 3. The first-order chi connectivity index (χ1) is 14.5. The van der Waals surface area contributed by atoms with Crippen molar-refractivity contribution >= 4 is 39.1 Å². The number of benzene rings is 1. The van der Waals surface area contributed by atoms with Crippen LogP contribution in [0.1, 0.15) is 49.5 Å². The molecule has 0 bridgehead atoms. The highest BCUT2D eigenvalue weighted by Crippen LogP contribution is 2.38. The molecule has 1 saturated carbocycles. The van der Waals surface area contributed by atoms with Crippen molar-refractivity contribution in [1.82, 2.24) is 9.55 Å². The number of hydrogen-bond donors (Lipinski definition) is 0. The number of aromatic nitrogens is 2. The van der Waals surface area contributed by atoms with Crippen molar-refractivity contribution in [2.24, 2.45) is 5.92 Å². The normalized spacial score (nSPS) is 21.7. The summed E-state index contributed by atoms with van der Waals surface area (Å²) in [6.45, 7) is 2.23. The van der Waals surface area contributed by atoms with Crippen LogP contribution in [0, 0.1) is 11.7 Å². The van der Waals surface area contributed by atoms with E-state index < -0.39 is 5.82 Å². The smallest absolute Gasteiger partial charge is 0.267 e. The van der Waals surface area contributed by atoms with Crippen LogP contribution < -0.4 is 5.56 Å². The van der Waals surface area contributed by atoms with Crippen LogP contribution in [-0.4, -0.2) is 20.6 Å². The van der Waals surface area contributed by atoms with Crippen LogP contribution in [-0.2, 0) is 17.6 Å². The van der Waals surface area contributed by atoms with Crippen LogP contribution in [0.4, 0.5) is 4.39 Å². The number of carbonyl (C=O) groups is 1. The topological polar surface area (TPSA) is 52.0 Å². The number of carbonyl (C=O) groups excluding carboxylic acids is 1. The van der Waals surface area contributed by atoms with E-state index in [0.717, 1.165) is 48.9 Å². The maximum atomic E-state index is 14.7. The van der Waals surface area contributed by atoms with Crippen molar-refractivity contribution in [3.63, 3.8) is 0 Å². The molecule has 156 valence electrons. The molecule has 0 saturated heterocycles. The Hall–Kier alpha value is -1.99. The molecule has 0 aliphatic heterocycles. The van der Waals surface area contributed by atoms with Gasteiger partial charge in [0.2, 0.25) is 0 Å². The van der Waals surface area contributed by atoms with E-state index in [1.807, 2.05) is 0 Å². The van der Waals surface area contributed by atoms with Crippen molar-refractivity contribution in [2.75, 3.05) is 0 Å². The van der Waals surface area contributed by atoms with E-state index in [-0.39, 0.29) is 22.3 Å². The number of Topliss-reactive ketones (excluding diaryl/α,β-unsaturated/α-hetero) is 1. The lowest BCUT2D eigenvalue weighted by Crippen LogP contribution is -2.26. The molecule has 0 amide bonds. The zero-order valence-corrected chi connectivity index (χ0v) is 18.5. The summed E-state index contributed by atoms with van der Waals surface area (Å²) in [6, 6.07) is 6.30. The Bertz CT molecular complexity index is 1200. The van der Waals surface area contributed by atoms with Gasteiger partial charge in [-0.25, -0.2) is 9.37 Å². The fourth-order valence-electron chi connectivity index (χ4n) is 4.50. The fraction of sp³-hybridized carbons (Fsp3) is 0.435. The van der Waals surface area contributed by atoms with E-state index in [2.05, 4.69) is 6.92 Å². The molecule has 2 heterocycles. The van der Waals surface area contributed by atoms with Gasteiger partial charge in [-0.05, 0) is 55.7 Å². The molecule has 2 unspecified atom stereocenters. The molecule has 1 fully saturated rings. The molecule has 5 rings (SSSR count). The minimum atomic E-state index is -0.463. The molecular formula is C23H23FN2O2S2. The predicted molar refractivity (Wildman–Crippen MR) is 119 cm³/mol. The highest BCUT2D eigenvalue weighted by molar-refractivity contribution is 8.00. The van der Waals surface area contributed by atoms with Crippen molar-refractivity contribution < 1.29 is 9.18 Å². The fourth-order valence-corrected chi connectivity index (χ4v) is 7.15. The first-order valence-electron chi connectivity index (χ1n) is 10.5. The highest BCUT2D eigenvalue weighted by Gasteiger charge is 2.29. The van der Waals surface area contributed by atoms with Gasteiger partial charge in [0.05, 0.1) is 16.3 Å². The Balaban J connectivity index is 1.73. The predicted octanol–water partition coefficient (Wildman–Crippen LogP) is 5.31. The minimum absolute atomic E-state index is 0.194. The van der Waals surface area contributed by atoms with Crippen molar-refractivity contribution in [3.8, 4) is 5.69 Å². The highest BCUT2D eigenvalue weighted by atomic mass is 32.2. The summed E-state index contributed by atoms with van der Waals surface area (Å²) >= 11 is 2.91. The third-order valence-corrected chi connectivity index (χ3v) is 8.55. The lowest BCUT2D eigenvalue weighted by atomic mass is 9.89. The summed E-state index contributed by atoms with van der Waals surface area (Å²) in [5, 5.41) is 0.824. The second-order valence-corrected chi connectivity index (χ2v) is 10.6. The number of para-hydroxylation sites is 1.